The van der Waals surface area contributed by atoms with Crippen molar-refractivity contribution in [3.63, 3.8) is 0 Å². The maximum atomic E-state index is 12.7. The first-order valence-electron chi connectivity index (χ1n) is 6.68. The van der Waals surface area contributed by atoms with Gasteiger partial charge < -0.3 is 0 Å². The molecule has 0 fully saturated rings. The van der Waals surface area contributed by atoms with Gasteiger partial charge in [0.15, 0.2) is 5.78 Å². The summed E-state index contributed by atoms with van der Waals surface area (Å²) in [6.45, 7) is 5.01. The van der Waals surface area contributed by atoms with Gasteiger partial charge in [0.2, 0.25) is 0 Å². The first-order valence-corrected chi connectivity index (χ1v) is 6.68. The van der Waals surface area contributed by atoms with Crippen LogP contribution in [-0.4, -0.2) is 18.2 Å². The van der Waals surface area contributed by atoms with Gasteiger partial charge in [-0.15, -0.1) is 6.58 Å². The predicted molar refractivity (Wildman–Crippen MR) is 78.1 cm³/mol. The highest BCUT2D eigenvalue weighted by atomic mass is 19.4. The van der Waals surface area contributed by atoms with E-state index in [1.807, 2.05) is 0 Å². The lowest BCUT2D eigenvalue weighted by molar-refractivity contribution is -0.112. The summed E-state index contributed by atoms with van der Waals surface area (Å²) in [6, 6.07) is 0. The number of carbonyl (C=O) groups excluding carboxylic acids is 1. The van der Waals surface area contributed by atoms with Gasteiger partial charge in [0, 0.05) is 6.21 Å². The van der Waals surface area contributed by atoms with Gasteiger partial charge in [-0.2, -0.15) is 13.2 Å². The molecule has 21 heavy (non-hydrogen) atoms. The maximum absolute atomic E-state index is 12.7. The number of hydrogen-bond donors (Lipinski definition) is 0. The highest BCUT2D eigenvalue weighted by Crippen LogP contribution is 2.27. The molecule has 2 nitrogen and oxygen atoms in total. The maximum Gasteiger partial charge on any atom is 0.417 e. The van der Waals surface area contributed by atoms with Gasteiger partial charge in [-0.1, -0.05) is 18.2 Å². The quantitative estimate of drug-likeness (QED) is 0.534. The normalized spacial score (nSPS) is 23.1. The topological polar surface area (TPSA) is 29.4 Å². The molecule has 0 aromatic carbocycles. The van der Waals surface area contributed by atoms with E-state index in [0.29, 0.717) is 37.0 Å². The molecule has 1 heterocycles. The fourth-order valence-electron chi connectivity index (χ4n) is 1.88. The molecule has 0 bridgehead atoms. The van der Waals surface area contributed by atoms with Crippen LogP contribution >= 0.6 is 0 Å². The van der Waals surface area contributed by atoms with Gasteiger partial charge in [0.1, 0.15) is 0 Å². The third-order valence-electron chi connectivity index (χ3n) is 2.86. The van der Waals surface area contributed by atoms with Gasteiger partial charge in [-0.05, 0) is 44.3 Å². The van der Waals surface area contributed by atoms with Crippen LogP contribution in [0, 0.1) is 0 Å². The Bertz CT molecular complexity index is 522. The lowest BCUT2D eigenvalue weighted by Crippen LogP contribution is -2.13. The summed E-state index contributed by atoms with van der Waals surface area (Å²) < 4.78 is 38.2. The molecular weight excluding hydrogens is 279 g/mol. The van der Waals surface area contributed by atoms with Crippen LogP contribution in [0.4, 0.5) is 13.2 Å². The Morgan fingerprint density at radius 3 is 2.62 bits per heavy atom. The summed E-state index contributed by atoms with van der Waals surface area (Å²) in [5.41, 5.74) is 0.322. The van der Waals surface area contributed by atoms with Crippen LogP contribution in [0.1, 0.15) is 32.6 Å². The molecule has 0 aliphatic carbocycles. The smallest absolute Gasteiger partial charge is 0.295 e. The lowest BCUT2D eigenvalue weighted by atomic mass is 10.0. The molecule has 0 saturated heterocycles. The van der Waals surface area contributed by atoms with Crippen molar-refractivity contribution >= 4 is 12.0 Å². The molecule has 0 aromatic rings. The fourth-order valence-corrected chi connectivity index (χ4v) is 1.88. The molecule has 0 unspecified atom stereocenters. The number of halogens is 3. The van der Waals surface area contributed by atoms with Crippen molar-refractivity contribution in [2.75, 3.05) is 0 Å². The van der Waals surface area contributed by atoms with E-state index in [9.17, 15) is 18.0 Å². The molecule has 114 valence electrons. The van der Waals surface area contributed by atoms with Crippen LogP contribution in [0.5, 0.6) is 0 Å². The molecule has 0 saturated carbocycles. The Balaban J connectivity index is 3.06. The molecule has 0 N–H and O–H groups in total. The molecule has 1 aliphatic heterocycles. The van der Waals surface area contributed by atoms with Gasteiger partial charge in [0.25, 0.3) is 0 Å². The number of carbonyl (C=O) groups is 1. The number of ketones is 1. The molecule has 1 rings (SSSR count). The minimum atomic E-state index is -4.41. The first-order chi connectivity index (χ1) is 9.84. The van der Waals surface area contributed by atoms with E-state index in [0.717, 1.165) is 12.3 Å². The number of alkyl halides is 3. The van der Waals surface area contributed by atoms with Crippen molar-refractivity contribution in [1.82, 2.24) is 0 Å². The van der Waals surface area contributed by atoms with Crippen LogP contribution in [-0.2, 0) is 4.79 Å². The highest BCUT2D eigenvalue weighted by molar-refractivity contribution is 5.89. The van der Waals surface area contributed by atoms with E-state index in [-0.39, 0.29) is 5.78 Å². The largest absolute Gasteiger partial charge is 0.417 e. The van der Waals surface area contributed by atoms with Crippen LogP contribution in [0.15, 0.2) is 52.7 Å². The molecule has 0 radical (unpaired) electrons. The minimum Gasteiger partial charge on any atom is -0.295 e. The number of allylic oxidation sites excluding steroid dienone is 6. The highest BCUT2D eigenvalue weighted by Gasteiger charge is 2.32. The van der Waals surface area contributed by atoms with Crippen molar-refractivity contribution in [3.8, 4) is 0 Å². The zero-order chi connectivity index (χ0) is 15.9. The van der Waals surface area contributed by atoms with E-state index in [4.69, 9.17) is 0 Å². The van der Waals surface area contributed by atoms with Crippen molar-refractivity contribution in [2.24, 2.45) is 4.99 Å². The third kappa shape index (κ3) is 5.94. The van der Waals surface area contributed by atoms with Gasteiger partial charge in [-0.3, -0.25) is 9.79 Å². The van der Waals surface area contributed by atoms with Crippen LogP contribution in [0.2, 0.25) is 0 Å². The monoisotopic (exact) mass is 297 g/mol. The van der Waals surface area contributed by atoms with Crippen molar-refractivity contribution in [2.45, 2.75) is 38.8 Å². The third-order valence-corrected chi connectivity index (χ3v) is 2.86. The van der Waals surface area contributed by atoms with E-state index < -0.39 is 11.7 Å². The Labute approximate surface area is 122 Å². The SMILES string of the molecule is C=CCCC(=C\C(C)=O)/C1=C/CC/C=C(C(F)(F)F)\C=N\1. The van der Waals surface area contributed by atoms with Gasteiger partial charge in [-0.25, -0.2) is 0 Å². The van der Waals surface area contributed by atoms with Gasteiger partial charge >= 0.3 is 6.18 Å². The van der Waals surface area contributed by atoms with E-state index >= 15 is 0 Å². The average molecular weight is 297 g/mol. The summed E-state index contributed by atoms with van der Waals surface area (Å²) in [5.74, 6) is -0.154. The molecule has 0 atom stereocenters. The fraction of sp³-hybridized carbons (Fsp3) is 0.375. The van der Waals surface area contributed by atoms with Crippen molar-refractivity contribution < 1.29 is 18.0 Å². The first kappa shape index (κ1) is 17.1. The second kappa shape index (κ2) is 7.76. The van der Waals surface area contributed by atoms with E-state index in [1.54, 1.807) is 12.2 Å². The summed E-state index contributed by atoms with van der Waals surface area (Å²) in [5, 5.41) is 0. The molecule has 1 aliphatic rings. The predicted octanol–water partition coefficient (Wildman–Crippen LogP) is 4.71. The van der Waals surface area contributed by atoms with Crippen molar-refractivity contribution in [1.29, 1.82) is 0 Å². The summed E-state index contributed by atoms with van der Waals surface area (Å²) in [6.07, 6.45) is 4.34. The summed E-state index contributed by atoms with van der Waals surface area (Å²) >= 11 is 0. The zero-order valence-electron chi connectivity index (χ0n) is 11.9. The number of nitrogens with zero attached hydrogens (tertiary/aromatic N) is 1. The Morgan fingerprint density at radius 1 is 1.38 bits per heavy atom. The number of rotatable bonds is 5. The van der Waals surface area contributed by atoms with E-state index in [2.05, 4.69) is 11.6 Å². The van der Waals surface area contributed by atoms with Crippen molar-refractivity contribution in [3.05, 3.63) is 47.7 Å². The Morgan fingerprint density at radius 2 is 2.05 bits per heavy atom. The number of hydrogen-bond acceptors (Lipinski definition) is 2. The molecule has 5 heteroatoms. The minimum absolute atomic E-state index is 0.154. The molecular formula is C16H18F3NO. The molecule has 0 aromatic heterocycles. The average Bonchev–Trinajstić information content (AvgIpc) is 2.32. The summed E-state index contributed by atoms with van der Waals surface area (Å²) in [7, 11) is 0. The molecule has 0 amide bonds. The Hall–Kier alpha value is -1.91. The van der Waals surface area contributed by atoms with Crippen LogP contribution < -0.4 is 0 Å². The van der Waals surface area contributed by atoms with Crippen LogP contribution in [0.3, 0.4) is 0 Å². The summed E-state index contributed by atoms with van der Waals surface area (Å²) in [4.78, 5) is 15.2. The second-order valence-electron chi connectivity index (χ2n) is 4.69. The number of aliphatic imine (C=N–C) groups is 1. The molecule has 0 spiro atoms. The Kier molecular flexibility index (Phi) is 6.34. The standard InChI is InChI=1S/C16H18F3NO/c1-3-4-7-13(10-12(2)21)15-9-6-5-8-14(11-20-15)16(17,18)19/h3,8-11H,1,4-7H2,2H3/b13-10+,14-8+,15-9-,20-11+. The van der Waals surface area contributed by atoms with Crippen LogP contribution in [0.25, 0.3) is 0 Å². The zero-order valence-corrected chi connectivity index (χ0v) is 11.9. The van der Waals surface area contributed by atoms with Gasteiger partial charge in [0.05, 0.1) is 11.3 Å². The lowest BCUT2D eigenvalue weighted by Gasteiger charge is -2.12. The van der Waals surface area contributed by atoms with E-state index in [1.165, 1.54) is 13.0 Å². The second-order valence-corrected chi connectivity index (χ2v) is 4.69.